The first-order chi connectivity index (χ1) is 7.18. The molecule has 1 aromatic rings. The van der Waals surface area contributed by atoms with Gasteiger partial charge in [-0.2, -0.15) is 0 Å². The van der Waals surface area contributed by atoms with E-state index in [0.717, 1.165) is 0 Å². The van der Waals surface area contributed by atoms with Crippen molar-refractivity contribution < 1.29 is 9.47 Å². The van der Waals surface area contributed by atoms with Crippen molar-refractivity contribution in [3.63, 3.8) is 0 Å². The second kappa shape index (κ2) is 4.35. The third-order valence-corrected chi connectivity index (χ3v) is 2.64. The molecule has 15 heavy (non-hydrogen) atoms. The van der Waals surface area contributed by atoms with Crippen LogP contribution in [-0.2, 0) is 4.74 Å². The Morgan fingerprint density at radius 3 is 2.80 bits per heavy atom. The fourth-order valence-corrected chi connectivity index (χ4v) is 1.84. The zero-order valence-electron chi connectivity index (χ0n) is 7.90. The van der Waals surface area contributed by atoms with Gasteiger partial charge in [0.05, 0.1) is 23.8 Å². The average molecular weight is 244 g/mol. The number of hydrogen-bond acceptors (Lipinski definition) is 3. The second-order valence-electron chi connectivity index (χ2n) is 3.25. The Balaban J connectivity index is 2.27. The molecule has 1 saturated heterocycles. The minimum Gasteiger partial charge on any atom is -0.485 e. The molecular weight excluding hydrogens is 234 g/mol. The Morgan fingerprint density at radius 2 is 2.27 bits per heavy atom. The molecule has 1 aliphatic heterocycles. The van der Waals surface area contributed by atoms with Crippen molar-refractivity contribution in [2.24, 2.45) is 5.73 Å². The van der Waals surface area contributed by atoms with Gasteiger partial charge in [0, 0.05) is 0 Å². The van der Waals surface area contributed by atoms with Crippen molar-refractivity contribution in [3.05, 3.63) is 28.8 Å². The van der Waals surface area contributed by atoms with Crippen LogP contribution < -0.4 is 10.5 Å². The van der Waals surface area contributed by atoms with Gasteiger partial charge in [-0.25, -0.2) is 0 Å². The smallest absolute Gasteiger partial charge is 0.145 e. The molecule has 0 atom stereocenters. The molecule has 80 valence electrons. The standard InChI is InChI=1S/C10H10ClNO2S/c11-7-2-1-3-8(9(7)10(12)15)14-6-4-13-5-6/h1-3,6H,4-5H2,(H2,12,15). The number of halogens is 1. The molecule has 5 heteroatoms. The van der Waals surface area contributed by atoms with Gasteiger partial charge in [-0.3, -0.25) is 0 Å². The summed E-state index contributed by atoms with van der Waals surface area (Å²) in [5.74, 6) is 0.628. The van der Waals surface area contributed by atoms with Gasteiger partial charge in [0.25, 0.3) is 0 Å². The van der Waals surface area contributed by atoms with E-state index in [1.165, 1.54) is 0 Å². The Labute approximate surface area is 98.1 Å². The maximum absolute atomic E-state index is 5.99. The molecule has 1 heterocycles. The topological polar surface area (TPSA) is 44.5 Å². The average Bonchev–Trinajstić information content (AvgIpc) is 2.10. The summed E-state index contributed by atoms with van der Waals surface area (Å²) in [7, 11) is 0. The first-order valence-electron chi connectivity index (χ1n) is 4.51. The fourth-order valence-electron chi connectivity index (χ4n) is 1.30. The minimum absolute atomic E-state index is 0.0802. The van der Waals surface area contributed by atoms with Gasteiger partial charge >= 0.3 is 0 Å². The highest BCUT2D eigenvalue weighted by atomic mass is 35.5. The van der Waals surface area contributed by atoms with Crippen LogP contribution in [0.5, 0.6) is 5.75 Å². The van der Waals surface area contributed by atoms with Gasteiger partial charge in [-0.1, -0.05) is 29.9 Å². The van der Waals surface area contributed by atoms with Crippen molar-refractivity contribution in [1.29, 1.82) is 0 Å². The number of benzene rings is 1. The van der Waals surface area contributed by atoms with Crippen molar-refractivity contribution in [3.8, 4) is 5.75 Å². The summed E-state index contributed by atoms with van der Waals surface area (Å²) in [6, 6.07) is 5.35. The van der Waals surface area contributed by atoms with E-state index < -0.39 is 0 Å². The lowest BCUT2D eigenvalue weighted by Crippen LogP contribution is -2.39. The molecule has 2 rings (SSSR count). The van der Waals surface area contributed by atoms with Gasteiger partial charge < -0.3 is 15.2 Å². The molecule has 0 aromatic heterocycles. The van der Waals surface area contributed by atoms with Crippen LogP contribution in [0.4, 0.5) is 0 Å². The van der Waals surface area contributed by atoms with Gasteiger partial charge in [-0.15, -0.1) is 0 Å². The summed E-state index contributed by atoms with van der Waals surface area (Å²) in [4.78, 5) is 0.246. The highest BCUT2D eigenvalue weighted by Gasteiger charge is 2.22. The summed E-state index contributed by atoms with van der Waals surface area (Å²) in [5.41, 5.74) is 6.18. The second-order valence-corrected chi connectivity index (χ2v) is 4.10. The molecule has 0 unspecified atom stereocenters. The van der Waals surface area contributed by atoms with Crippen LogP contribution >= 0.6 is 23.8 Å². The van der Waals surface area contributed by atoms with Crippen molar-refractivity contribution in [2.45, 2.75) is 6.10 Å². The van der Waals surface area contributed by atoms with E-state index >= 15 is 0 Å². The minimum atomic E-state index is 0.0802. The molecule has 2 N–H and O–H groups in total. The summed E-state index contributed by atoms with van der Waals surface area (Å²) in [6.07, 6.45) is 0.0802. The van der Waals surface area contributed by atoms with E-state index in [4.69, 9.17) is 39.0 Å². The van der Waals surface area contributed by atoms with E-state index in [2.05, 4.69) is 0 Å². The number of ether oxygens (including phenoxy) is 2. The number of nitrogens with two attached hydrogens (primary N) is 1. The molecule has 1 aromatic carbocycles. The van der Waals surface area contributed by atoms with Crippen LogP contribution in [-0.4, -0.2) is 24.3 Å². The molecular formula is C10H10ClNO2S. The van der Waals surface area contributed by atoms with Crippen molar-refractivity contribution >= 4 is 28.8 Å². The van der Waals surface area contributed by atoms with Gasteiger partial charge in [-0.05, 0) is 12.1 Å². The Bertz CT molecular complexity index is 393. The zero-order valence-corrected chi connectivity index (χ0v) is 9.48. The lowest BCUT2D eigenvalue weighted by molar-refractivity contribution is -0.0797. The predicted molar refractivity (Wildman–Crippen MR) is 62.6 cm³/mol. The normalized spacial score (nSPS) is 15.8. The summed E-state index contributed by atoms with van der Waals surface area (Å²) >= 11 is 10.9. The number of hydrogen-bond donors (Lipinski definition) is 1. The highest BCUT2D eigenvalue weighted by Crippen LogP contribution is 2.28. The van der Waals surface area contributed by atoms with E-state index in [-0.39, 0.29) is 11.1 Å². The maximum Gasteiger partial charge on any atom is 0.145 e. The number of thiocarbonyl (C=S) groups is 1. The van der Waals surface area contributed by atoms with E-state index in [0.29, 0.717) is 29.5 Å². The maximum atomic E-state index is 5.99. The Kier molecular flexibility index (Phi) is 3.09. The largest absolute Gasteiger partial charge is 0.485 e. The Morgan fingerprint density at radius 1 is 1.53 bits per heavy atom. The highest BCUT2D eigenvalue weighted by molar-refractivity contribution is 7.80. The lowest BCUT2D eigenvalue weighted by atomic mass is 10.2. The molecule has 0 amide bonds. The molecule has 3 nitrogen and oxygen atoms in total. The first kappa shape index (κ1) is 10.7. The summed E-state index contributed by atoms with van der Waals surface area (Å²) in [5, 5.41) is 0.514. The molecule has 1 fully saturated rings. The quantitative estimate of drug-likeness (QED) is 0.822. The van der Waals surface area contributed by atoms with Gasteiger partial charge in [0.15, 0.2) is 0 Å². The SMILES string of the molecule is NC(=S)c1c(Cl)cccc1OC1COC1. The first-order valence-corrected chi connectivity index (χ1v) is 5.30. The van der Waals surface area contributed by atoms with Crippen LogP contribution in [0.1, 0.15) is 5.56 Å². The third kappa shape index (κ3) is 2.22. The summed E-state index contributed by atoms with van der Waals surface area (Å²) < 4.78 is 10.7. The van der Waals surface area contributed by atoms with Crippen molar-refractivity contribution in [2.75, 3.05) is 13.2 Å². The molecule has 0 bridgehead atoms. The van der Waals surface area contributed by atoms with Crippen LogP contribution in [0.15, 0.2) is 18.2 Å². The molecule has 0 aliphatic carbocycles. The molecule has 1 aliphatic rings. The lowest BCUT2D eigenvalue weighted by Gasteiger charge is -2.27. The fraction of sp³-hybridized carbons (Fsp3) is 0.300. The number of rotatable bonds is 3. The summed E-state index contributed by atoms with van der Waals surface area (Å²) in [6.45, 7) is 1.20. The molecule has 0 spiro atoms. The van der Waals surface area contributed by atoms with Crippen LogP contribution in [0.2, 0.25) is 5.02 Å². The predicted octanol–water partition coefficient (Wildman–Crippen LogP) is 1.75. The van der Waals surface area contributed by atoms with E-state index in [1.54, 1.807) is 18.2 Å². The van der Waals surface area contributed by atoms with Gasteiger partial charge in [0.1, 0.15) is 16.8 Å². The van der Waals surface area contributed by atoms with Gasteiger partial charge in [0.2, 0.25) is 0 Å². The Hall–Kier alpha value is -0.840. The molecule has 0 radical (unpaired) electrons. The van der Waals surface area contributed by atoms with E-state index in [1.807, 2.05) is 0 Å². The van der Waals surface area contributed by atoms with Crippen LogP contribution in [0.3, 0.4) is 0 Å². The van der Waals surface area contributed by atoms with Crippen molar-refractivity contribution in [1.82, 2.24) is 0 Å². The van der Waals surface area contributed by atoms with Crippen LogP contribution in [0, 0.1) is 0 Å². The molecule has 0 saturated carbocycles. The third-order valence-electron chi connectivity index (χ3n) is 2.12. The van der Waals surface area contributed by atoms with Crippen LogP contribution in [0.25, 0.3) is 0 Å². The monoisotopic (exact) mass is 243 g/mol. The van der Waals surface area contributed by atoms with E-state index in [9.17, 15) is 0 Å². The zero-order chi connectivity index (χ0) is 10.8.